The van der Waals surface area contributed by atoms with Gasteiger partial charge in [0.25, 0.3) is 5.91 Å². The van der Waals surface area contributed by atoms with Gasteiger partial charge < -0.3 is 24.2 Å². The molecular formula is C26H25FN2O6S. The van der Waals surface area contributed by atoms with Crippen molar-refractivity contribution in [1.29, 1.82) is 0 Å². The molecule has 2 aromatic rings. The van der Waals surface area contributed by atoms with E-state index in [-0.39, 0.29) is 19.2 Å². The van der Waals surface area contributed by atoms with Crippen LogP contribution in [-0.2, 0) is 20.1 Å². The molecule has 2 aromatic carbocycles. The number of aliphatic hydroxyl groups is 1. The number of benzene rings is 2. The second-order valence-corrected chi connectivity index (χ2v) is 9.66. The van der Waals surface area contributed by atoms with Gasteiger partial charge in [-0.15, -0.1) is 11.8 Å². The van der Waals surface area contributed by atoms with E-state index in [2.05, 4.69) is 11.9 Å². The van der Waals surface area contributed by atoms with Crippen LogP contribution in [0.25, 0.3) is 0 Å². The number of thioether (sulfide) groups is 1. The summed E-state index contributed by atoms with van der Waals surface area (Å²) >= 11 is 1.61. The van der Waals surface area contributed by atoms with Crippen molar-refractivity contribution < 1.29 is 33.3 Å². The fourth-order valence-corrected chi connectivity index (χ4v) is 5.68. The molecule has 36 heavy (non-hydrogen) atoms. The highest BCUT2D eigenvalue weighted by molar-refractivity contribution is 7.98. The molecule has 8 nitrogen and oxygen atoms in total. The van der Waals surface area contributed by atoms with E-state index in [0.29, 0.717) is 23.9 Å². The summed E-state index contributed by atoms with van der Waals surface area (Å²) in [5.41, 5.74) is 2.66. The van der Waals surface area contributed by atoms with Gasteiger partial charge in [-0.2, -0.15) is 4.39 Å². The standard InChI is InChI=1S/C26H25FN2O6S/c1-3-18(30)19(31)12-23(32)29-10-11-33-13-22(29)28-24-15-8-9-20-25(35-26(2,27)34-20)17(15)14-36-21-7-5-4-6-16(21)24/h3-9,12,22,24,28,31H,1,10-11,13-14H2,2H3/b19-12-/t22-,24-,26?/m0/s1. The van der Waals surface area contributed by atoms with E-state index in [1.54, 1.807) is 17.8 Å². The van der Waals surface area contributed by atoms with Gasteiger partial charge in [-0.05, 0) is 29.3 Å². The molecule has 0 spiro atoms. The number of rotatable bonds is 5. The third kappa shape index (κ3) is 4.59. The second-order valence-electron chi connectivity index (χ2n) is 8.65. The summed E-state index contributed by atoms with van der Waals surface area (Å²) in [5.74, 6) is -0.692. The molecule has 1 saturated heterocycles. The molecule has 0 aliphatic carbocycles. The lowest BCUT2D eigenvalue weighted by Crippen LogP contribution is -2.56. The number of alkyl halides is 1. The molecule has 10 heteroatoms. The topological polar surface area (TPSA) is 97.3 Å². The number of ketones is 1. The number of allylic oxidation sites excluding steroid dienone is 1. The number of amides is 1. The first kappa shape index (κ1) is 24.4. The van der Waals surface area contributed by atoms with E-state index >= 15 is 0 Å². The normalized spacial score (nSPS) is 24.9. The number of fused-ring (bicyclic) bond motifs is 4. The largest absolute Gasteiger partial charge is 0.504 e. The van der Waals surface area contributed by atoms with E-state index in [0.717, 1.165) is 33.7 Å². The monoisotopic (exact) mass is 512 g/mol. The molecular weight excluding hydrogens is 487 g/mol. The minimum absolute atomic E-state index is 0.198. The highest BCUT2D eigenvalue weighted by atomic mass is 32.2. The fraction of sp³-hybridized carbons (Fsp3) is 0.308. The summed E-state index contributed by atoms with van der Waals surface area (Å²) in [5, 5.41) is 13.5. The zero-order valence-electron chi connectivity index (χ0n) is 19.5. The van der Waals surface area contributed by atoms with Gasteiger partial charge in [0, 0.05) is 35.8 Å². The molecule has 3 atom stereocenters. The molecule has 2 N–H and O–H groups in total. The number of carbonyl (C=O) groups is 2. The molecule has 1 unspecified atom stereocenters. The van der Waals surface area contributed by atoms with Crippen LogP contribution in [0.3, 0.4) is 0 Å². The molecule has 188 valence electrons. The third-order valence-corrected chi connectivity index (χ3v) is 7.33. The van der Waals surface area contributed by atoms with Crippen molar-refractivity contribution in [3.05, 3.63) is 77.6 Å². The first-order valence-electron chi connectivity index (χ1n) is 11.4. The Hall–Kier alpha value is -3.34. The van der Waals surface area contributed by atoms with Crippen LogP contribution in [0.4, 0.5) is 4.39 Å². The van der Waals surface area contributed by atoms with Gasteiger partial charge in [0.05, 0.1) is 19.3 Å². The Kier molecular flexibility index (Phi) is 6.50. The number of carbonyl (C=O) groups excluding carboxylic acids is 2. The Morgan fingerprint density at radius 1 is 1.25 bits per heavy atom. The number of nitrogens with one attached hydrogen (secondary N) is 1. The van der Waals surface area contributed by atoms with Gasteiger partial charge in [0.2, 0.25) is 5.78 Å². The van der Waals surface area contributed by atoms with Gasteiger partial charge in [-0.1, -0.05) is 30.8 Å². The Morgan fingerprint density at radius 2 is 2.06 bits per heavy atom. The number of hydrogen-bond donors (Lipinski definition) is 2. The van der Waals surface area contributed by atoms with Crippen LogP contribution in [-0.4, -0.2) is 53.7 Å². The molecule has 0 radical (unpaired) electrons. The van der Waals surface area contributed by atoms with Crippen molar-refractivity contribution in [2.45, 2.75) is 35.8 Å². The van der Waals surface area contributed by atoms with Crippen LogP contribution < -0.4 is 14.8 Å². The first-order chi connectivity index (χ1) is 17.3. The molecule has 0 aromatic heterocycles. The summed E-state index contributed by atoms with van der Waals surface area (Å²) in [6.07, 6.45) is 1.27. The van der Waals surface area contributed by atoms with Crippen molar-refractivity contribution in [1.82, 2.24) is 10.2 Å². The van der Waals surface area contributed by atoms with Crippen molar-refractivity contribution >= 4 is 23.5 Å². The molecule has 5 rings (SSSR count). The van der Waals surface area contributed by atoms with Crippen LogP contribution in [0, 0.1) is 0 Å². The highest BCUT2D eigenvalue weighted by Gasteiger charge is 2.41. The Bertz CT molecular complexity index is 1260. The van der Waals surface area contributed by atoms with Gasteiger partial charge in [0.15, 0.2) is 17.3 Å². The second kappa shape index (κ2) is 9.61. The Labute approximate surface area is 211 Å². The molecule has 0 bridgehead atoms. The Morgan fingerprint density at radius 3 is 2.86 bits per heavy atom. The summed E-state index contributed by atoms with van der Waals surface area (Å²) < 4.78 is 31.1. The third-order valence-electron chi connectivity index (χ3n) is 6.22. The van der Waals surface area contributed by atoms with E-state index in [4.69, 9.17) is 14.2 Å². The van der Waals surface area contributed by atoms with Crippen molar-refractivity contribution in [3.8, 4) is 11.5 Å². The number of aliphatic hydroxyl groups excluding tert-OH is 1. The zero-order chi connectivity index (χ0) is 25.4. The van der Waals surface area contributed by atoms with Crippen molar-refractivity contribution in [2.75, 3.05) is 19.8 Å². The number of nitrogens with zero attached hydrogens (tertiary/aromatic N) is 1. The van der Waals surface area contributed by atoms with Gasteiger partial charge in [-0.25, -0.2) is 0 Å². The Balaban J connectivity index is 1.52. The van der Waals surface area contributed by atoms with E-state index in [9.17, 15) is 19.1 Å². The molecule has 3 heterocycles. The average molecular weight is 513 g/mol. The average Bonchev–Trinajstić information content (AvgIpc) is 3.10. The van der Waals surface area contributed by atoms with Crippen LogP contribution >= 0.6 is 11.8 Å². The van der Waals surface area contributed by atoms with Crippen molar-refractivity contribution in [3.63, 3.8) is 0 Å². The summed E-state index contributed by atoms with van der Waals surface area (Å²) in [7, 11) is 0. The minimum atomic E-state index is -2.25. The summed E-state index contributed by atoms with van der Waals surface area (Å²) in [6, 6.07) is 8.83. The zero-order valence-corrected chi connectivity index (χ0v) is 20.3. The lowest BCUT2D eigenvalue weighted by Gasteiger charge is -2.38. The lowest BCUT2D eigenvalue weighted by atomic mass is 9.93. The minimum Gasteiger partial charge on any atom is -0.504 e. The summed E-state index contributed by atoms with van der Waals surface area (Å²) in [6.45, 7) is 5.32. The van der Waals surface area contributed by atoms with Gasteiger partial charge in [0.1, 0.15) is 6.17 Å². The predicted octanol–water partition coefficient (Wildman–Crippen LogP) is 3.77. The maximum absolute atomic E-state index is 14.6. The van der Waals surface area contributed by atoms with Crippen molar-refractivity contribution in [2.24, 2.45) is 0 Å². The maximum Gasteiger partial charge on any atom is 0.404 e. The highest BCUT2D eigenvalue weighted by Crippen LogP contribution is 2.50. The smallest absolute Gasteiger partial charge is 0.404 e. The van der Waals surface area contributed by atoms with Crippen LogP contribution in [0.5, 0.6) is 11.5 Å². The summed E-state index contributed by atoms with van der Waals surface area (Å²) in [4.78, 5) is 27.2. The number of morpholine rings is 1. The molecule has 3 aliphatic heterocycles. The molecule has 0 saturated carbocycles. The fourth-order valence-electron chi connectivity index (χ4n) is 4.55. The lowest BCUT2D eigenvalue weighted by molar-refractivity contribution is -0.173. The van der Waals surface area contributed by atoms with E-state index in [1.807, 2.05) is 30.3 Å². The van der Waals surface area contributed by atoms with Gasteiger partial charge >= 0.3 is 6.04 Å². The first-order valence-corrected chi connectivity index (χ1v) is 12.4. The SMILES string of the molecule is C=CC(=O)/C(O)=C/C(=O)N1CCOC[C@H]1N[C@@H]1c2ccccc2SCc2c1ccc1c2OC(C)(F)O1. The van der Waals surface area contributed by atoms with E-state index in [1.165, 1.54) is 11.8 Å². The van der Waals surface area contributed by atoms with E-state index < -0.39 is 29.7 Å². The number of halogens is 1. The molecule has 3 aliphatic rings. The molecule has 1 fully saturated rings. The van der Waals surface area contributed by atoms with Crippen LogP contribution in [0.15, 0.2) is 65.8 Å². The maximum atomic E-state index is 14.6. The quantitative estimate of drug-likeness (QED) is 0.462. The van der Waals surface area contributed by atoms with Crippen LogP contribution in [0.2, 0.25) is 0 Å². The number of ether oxygens (including phenoxy) is 3. The number of hydrogen-bond acceptors (Lipinski definition) is 8. The molecule has 1 amide bonds. The van der Waals surface area contributed by atoms with Gasteiger partial charge in [-0.3, -0.25) is 14.9 Å². The van der Waals surface area contributed by atoms with Crippen LogP contribution in [0.1, 0.15) is 29.7 Å². The predicted molar refractivity (Wildman–Crippen MR) is 130 cm³/mol.